The third kappa shape index (κ3) is 4.67. The van der Waals surface area contributed by atoms with E-state index in [2.05, 4.69) is 27.3 Å². The number of rotatable bonds is 6. The predicted molar refractivity (Wildman–Crippen MR) is 115 cm³/mol. The minimum Gasteiger partial charge on any atom is -0.486 e. The highest BCUT2D eigenvalue weighted by atomic mass is 16.5. The lowest BCUT2D eigenvalue weighted by molar-refractivity contribution is -0.118. The van der Waals surface area contributed by atoms with Crippen molar-refractivity contribution >= 4 is 16.8 Å². The molecule has 0 radical (unpaired) electrons. The number of para-hydroxylation sites is 2. The number of carbonyl (C=O) groups excluding carboxylic acids is 1. The van der Waals surface area contributed by atoms with Gasteiger partial charge in [-0.05, 0) is 31.3 Å². The first kappa shape index (κ1) is 20.1. The molecule has 0 saturated carbocycles. The van der Waals surface area contributed by atoms with Crippen molar-refractivity contribution in [3.05, 3.63) is 70.8 Å². The molecule has 1 fully saturated rings. The van der Waals surface area contributed by atoms with Crippen molar-refractivity contribution in [1.82, 2.24) is 19.5 Å². The number of fused-ring (bicyclic) bond motifs is 1. The Hall–Kier alpha value is -3.23. The molecule has 1 amide bonds. The number of nitrogens with zero attached hydrogens (tertiary/aromatic N) is 4. The maximum absolute atomic E-state index is 13.1. The Morgan fingerprint density at radius 3 is 2.50 bits per heavy atom. The van der Waals surface area contributed by atoms with E-state index in [0.29, 0.717) is 22.5 Å². The minimum absolute atomic E-state index is 0.0544. The number of piperazine rings is 1. The summed E-state index contributed by atoms with van der Waals surface area (Å²) in [4.78, 5) is 34.6. The number of ether oxygens (including phenoxy) is 1. The molecule has 0 spiro atoms. The summed E-state index contributed by atoms with van der Waals surface area (Å²) in [5.74, 6) is 0.754. The van der Waals surface area contributed by atoms with E-state index < -0.39 is 0 Å². The zero-order valence-electron chi connectivity index (χ0n) is 17.0. The summed E-state index contributed by atoms with van der Waals surface area (Å²) in [6.07, 6.45) is 0. The third-order valence-electron chi connectivity index (χ3n) is 5.16. The minimum atomic E-state index is -0.320. The van der Waals surface area contributed by atoms with Gasteiger partial charge in [-0.1, -0.05) is 30.3 Å². The van der Waals surface area contributed by atoms with Gasteiger partial charge in [-0.15, -0.1) is 0 Å². The summed E-state index contributed by atoms with van der Waals surface area (Å²) >= 11 is 0. The lowest BCUT2D eigenvalue weighted by Gasteiger charge is -2.31. The van der Waals surface area contributed by atoms with E-state index in [9.17, 15) is 9.59 Å². The molecule has 0 unspecified atom stereocenters. The van der Waals surface area contributed by atoms with Gasteiger partial charge in [0, 0.05) is 26.2 Å². The molecule has 8 heteroatoms. The van der Waals surface area contributed by atoms with E-state index in [1.807, 2.05) is 36.4 Å². The van der Waals surface area contributed by atoms with E-state index in [4.69, 9.17) is 4.74 Å². The van der Waals surface area contributed by atoms with E-state index >= 15 is 0 Å². The van der Waals surface area contributed by atoms with Crippen LogP contribution >= 0.6 is 0 Å². The molecule has 156 valence electrons. The van der Waals surface area contributed by atoms with E-state index in [0.717, 1.165) is 26.2 Å². The standard InChI is InChI=1S/C22H25N5O3/c1-25-11-13-26(14-12-25)15-21(28)24-27-20(16-30-17-7-3-2-4-8-17)23-19-10-6-5-9-18(19)22(27)29/h2-10H,11-16H2,1H3,(H,24,28). The van der Waals surface area contributed by atoms with Crippen LogP contribution in [-0.2, 0) is 11.4 Å². The molecule has 1 saturated heterocycles. The first-order valence-corrected chi connectivity index (χ1v) is 9.99. The van der Waals surface area contributed by atoms with Gasteiger partial charge >= 0.3 is 0 Å². The molecule has 3 aromatic rings. The number of likely N-dealkylation sites (N-methyl/N-ethyl adjacent to an activating group) is 1. The highest BCUT2D eigenvalue weighted by Crippen LogP contribution is 2.12. The Kier molecular flexibility index (Phi) is 6.06. The van der Waals surface area contributed by atoms with Gasteiger partial charge in [-0.25, -0.2) is 4.98 Å². The predicted octanol–water partition coefficient (Wildman–Crippen LogP) is 1.29. The second kappa shape index (κ2) is 9.06. The van der Waals surface area contributed by atoms with Crippen molar-refractivity contribution < 1.29 is 9.53 Å². The fraction of sp³-hybridized carbons (Fsp3) is 0.318. The SMILES string of the molecule is CN1CCN(CC(=O)Nn2c(COc3ccccc3)nc3ccccc3c2=O)CC1. The van der Waals surface area contributed by atoms with Crippen LogP contribution in [0.3, 0.4) is 0 Å². The van der Waals surface area contributed by atoms with Gasteiger partial charge in [0.05, 0.1) is 17.4 Å². The van der Waals surface area contributed by atoms with Crippen molar-refractivity contribution in [2.24, 2.45) is 0 Å². The van der Waals surface area contributed by atoms with E-state index in [-0.39, 0.29) is 24.6 Å². The van der Waals surface area contributed by atoms with Crippen molar-refractivity contribution in [3.8, 4) is 5.75 Å². The molecule has 1 N–H and O–H groups in total. The van der Waals surface area contributed by atoms with Crippen LogP contribution in [0.4, 0.5) is 0 Å². The van der Waals surface area contributed by atoms with Gasteiger partial charge < -0.3 is 9.64 Å². The van der Waals surface area contributed by atoms with Gasteiger partial charge in [-0.2, -0.15) is 4.68 Å². The van der Waals surface area contributed by atoms with Gasteiger partial charge in [0.15, 0.2) is 5.82 Å². The quantitative estimate of drug-likeness (QED) is 0.664. The second-order valence-corrected chi connectivity index (χ2v) is 7.40. The lowest BCUT2D eigenvalue weighted by Crippen LogP contribution is -2.48. The van der Waals surface area contributed by atoms with Crippen LogP contribution in [0.25, 0.3) is 10.9 Å². The Bertz CT molecular complexity index is 1080. The highest BCUT2D eigenvalue weighted by Gasteiger charge is 2.19. The van der Waals surface area contributed by atoms with Crippen LogP contribution in [0, 0.1) is 0 Å². The largest absolute Gasteiger partial charge is 0.486 e. The fourth-order valence-corrected chi connectivity index (χ4v) is 3.42. The number of benzene rings is 2. The topological polar surface area (TPSA) is 79.7 Å². The molecule has 1 aliphatic heterocycles. The number of hydrogen-bond acceptors (Lipinski definition) is 6. The zero-order valence-corrected chi connectivity index (χ0v) is 17.0. The molecular weight excluding hydrogens is 382 g/mol. The third-order valence-corrected chi connectivity index (χ3v) is 5.16. The van der Waals surface area contributed by atoms with Crippen LogP contribution in [0.1, 0.15) is 5.82 Å². The summed E-state index contributed by atoms with van der Waals surface area (Å²) in [5, 5.41) is 0.445. The first-order chi connectivity index (χ1) is 14.6. The van der Waals surface area contributed by atoms with Crippen molar-refractivity contribution in [1.29, 1.82) is 0 Å². The van der Waals surface area contributed by atoms with Crippen LogP contribution in [-0.4, -0.2) is 65.1 Å². The summed E-state index contributed by atoms with van der Waals surface area (Å²) in [5.41, 5.74) is 2.98. The molecule has 0 atom stereocenters. The van der Waals surface area contributed by atoms with E-state index in [1.165, 1.54) is 4.68 Å². The monoisotopic (exact) mass is 407 g/mol. The molecule has 1 aromatic heterocycles. The Balaban J connectivity index is 1.57. The van der Waals surface area contributed by atoms with Crippen molar-refractivity contribution in [2.75, 3.05) is 45.2 Å². The van der Waals surface area contributed by atoms with Crippen LogP contribution < -0.4 is 15.7 Å². The molecule has 30 heavy (non-hydrogen) atoms. The van der Waals surface area contributed by atoms with E-state index in [1.54, 1.807) is 18.2 Å². The number of carbonyl (C=O) groups is 1. The number of amides is 1. The summed E-state index contributed by atoms with van der Waals surface area (Å²) in [6.45, 7) is 3.75. The zero-order chi connectivity index (χ0) is 20.9. The normalized spacial score (nSPS) is 15.2. The Morgan fingerprint density at radius 1 is 1.03 bits per heavy atom. The number of nitrogens with one attached hydrogen (secondary N) is 1. The fourth-order valence-electron chi connectivity index (χ4n) is 3.42. The molecular formula is C22H25N5O3. The van der Waals surface area contributed by atoms with Crippen molar-refractivity contribution in [3.63, 3.8) is 0 Å². The average Bonchev–Trinajstić information content (AvgIpc) is 2.77. The second-order valence-electron chi connectivity index (χ2n) is 7.40. The first-order valence-electron chi connectivity index (χ1n) is 9.99. The maximum atomic E-state index is 13.1. The number of hydrogen-bond donors (Lipinski definition) is 1. The van der Waals surface area contributed by atoms with Gasteiger partial charge in [-0.3, -0.25) is 19.9 Å². The Labute approximate surface area is 174 Å². The average molecular weight is 407 g/mol. The molecule has 0 bridgehead atoms. The number of aromatic nitrogens is 2. The van der Waals surface area contributed by atoms with Crippen molar-refractivity contribution in [2.45, 2.75) is 6.61 Å². The smallest absolute Gasteiger partial charge is 0.280 e. The summed E-state index contributed by atoms with van der Waals surface area (Å²) in [6, 6.07) is 16.4. The van der Waals surface area contributed by atoms with Crippen LogP contribution in [0.15, 0.2) is 59.4 Å². The maximum Gasteiger partial charge on any atom is 0.280 e. The Morgan fingerprint density at radius 2 is 1.73 bits per heavy atom. The van der Waals surface area contributed by atoms with Crippen LogP contribution in [0.5, 0.6) is 5.75 Å². The molecule has 2 aromatic carbocycles. The molecule has 8 nitrogen and oxygen atoms in total. The van der Waals surface area contributed by atoms with Gasteiger partial charge in [0.1, 0.15) is 12.4 Å². The molecule has 1 aliphatic rings. The molecule has 4 rings (SSSR count). The summed E-state index contributed by atoms with van der Waals surface area (Å²) < 4.78 is 7.00. The van der Waals surface area contributed by atoms with Crippen LogP contribution in [0.2, 0.25) is 0 Å². The summed E-state index contributed by atoms with van der Waals surface area (Å²) in [7, 11) is 2.07. The molecule has 2 heterocycles. The highest BCUT2D eigenvalue weighted by molar-refractivity contribution is 5.86. The lowest BCUT2D eigenvalue weighted by atomic mass is 10.2. The van der Waals surface area contributed by atoms with Gasteiger partial charge in [0.25, 0.3) is 11.5 Å². The van der Waals surface area contributed by atoms with Gasteiger partial charge in [0.2, 0.25) is 0 Å². The molecule has 0 aliphatic carbocycles.